The van der Waals surface area contributed by atoms with Crippen molar-refractivity contribution in [1.29, 1.82) is 0 Å². The summed E-state index contributed by atoms with van der Waals surface area (Å²) in [6.07, 6.45) is 2.46. The number of esters is 2. The summed E-state index contributed by atoms with van der Waals surface area (Å²) in [6, 6.07) is 0. The Morgan fingerprint density at radius 2 is 1.68 bits per heavy atom. The first-order valence-electron chi connectivity index (χ1n) is 8.77. The molecule has 0 saturated carbocycles. The zero-order valence-electron chi connectivity index (χ0n) is 15.6. The third kappa shape index (κ3) is 7.44. The summed E-state index contributed by atoms with van der Waals surface area (Å²) >= 11 is 0. The molecular weight excluding hydrogens is 349 g/mol. The van der Waals surface area contributed by atoms with Crippen LogP contribution in [0, 0.1) is 5.92 Å². The van der Waals surface area contributed by atoms with Crippen LogP contribution in [0.25, 0.3) is 0 Å². The lowest BCUT2D eigenvalue weighted by atomic mass is 9.97. The molecule has 9 heteroatoms. The predicted octanol–water partition coefficient (Wildman–Crippen LogP) is 2.76. The number of rotatable bonds is 10. The third-order valence-electron chi connectivity index (χ3n) is 4.00. The largest absolute Gasteiger partial charge is 0.464 e. The molecule has 0 bridgehead atoms. The van der Waals surface area contributed by atoms with E-state index in [9.17, 15) is 14.2 Å². The van der Waals surface area contributed by atoms with Crippen LogP contribution in [0.5, 0.6) is 0 Å². The number of ether oxygens (including phenoxy) is 2. The molecule has 1 saturated heterocycles. The van der Waals surface area contributed by atoms with Crippen molar-refractivity contribution < 1.29 is 32.7 Å². The van der Waals surface area contributed by atoms with Gasteiger partial charge in [0.1, 0.15) is 13.2 Å². The van der Waals surface area contributed by atoms with Crippen LogP contribution in [0.4, 0.5) is 0 Å². The van der Waals surface area contributed by atoms with Crippen molar-refractivity contribution in [3.05, 3.63) is 0 Å². The first-order valence-corrected chi connectivity index (χ1v) is 10.3. The van der Waals surface area contributed by atoms with Crippen LogP contribution in [0.1, 0.15) is 47.0 Å². The van der Waals surface area contributed by atoms with Crippen molar-refractivity contribution in [2.45, 2.75) is 53.1 Å². The maximum Gasteiger partial charge on any atom is 0.408 e. The molecule has 1 rings (SSSR count). The van der Waals surface area contributed by atoms with E-state index in [2.05, 4.69) is 13.8 Å². The Kier molecular flexibility index (Phi) is 9.64. The molecule has 0 amide bonds. The number of hydrogen-bond donors (Lipinski definition) is 0. The maximum atomic E-state index is 13.2. The van der Waals surface area contributed by atoms with Gasteiger partial charge in [-0.05, 0) is 12.8 Å². The summed E-state index contributed by atoms with van der Waals surface area (Å²) in [6.45, 7) is 7.54. The van der Waals surface area contributed by atoms with Crippen molar-refractivity contribution in [2.24, 2.45) is 5.92 Å². The molecule has 0 aromatic carbocycles. The molecule has 0 radical (unpaired) electrons. The van der Waals surface area contributed by atoms with Crippen molar-refractivity contribution in [1.82, 2.24) is 4.67 Å². The molecule has 0 spiro atoms. The van der Waals surface area contributed by atoms with E-state index in [0.29, 0.717) is 6.61 Å². The van der Waals surface area contributed by atoms with Gasteiger partial charge >= 0.3 is 19.7 Å². The molecule has 25 heavy (non-hydrogen) atoms. The van der Waals surface area contributed by atoms with Crippen molar-refractivity contribution >= 4 is 19.7 Å². The molecule has 0 aromatic rings. The van der Waals surface area contributed by atoms with E-state index in [1.807, 2.05) is 0 Å². The Labute approximate surface area is 149 Å². The number of carbonyl (C=O) groups is 2. The summed E-state index contributed by atoms with van der Waals surface area (Å²) in [7, 11) is -3.53. The van der Waals surface area contributed by atoms with Gasteiger partial charge in [0, 0.05) is 32.9 Å². The molecule has 0 unspecified atom stereocenters. The summed E-state index contributed by atoms with van der Waals surface area (Å²) in [5.74, 6) is -0.636. The van der Waals surface area contributed by atoms with Crippen LogP contribution >= 0.6 is 7.75 Å². The molecule has 8 nitrogen and oxygen atoms in total. The summed E-state index contributed by atoms with van der Waals surface area (Å²) < 4.78 is 36.0. The Morgan fingerprint density at radius 1 is 1.12 bits per heavy atom. The molecule has 0 aliphatic carbocycles. The fraction of sp³-hybridized carbons (Fsp3) is 0.875. The highest BCUT2D eigenvalue weighted by atomic mass is 31.2. The van der Waals surface area contributed by atoms with Gasteiger partial charge in [0.2, 0.25) is 0 Å². The molecule has 146 valence electrons. The highest BCUT2D eigenvalue weighted by Gasteiger charge is 2.43. The topological polar surface area (TPSA) is 91.4 Å². The predicted molar refractivity (Wildman–Crippen MR) is 92.0 cm³/mol. The van der Waals surface area contributed by atoms with Crippen molar-refractivity contribution in [3.63, 3.8) is 0 Å². The monoisotopic (exact) mass is 379 g/mol. The van der Waals surface area contributed by atoms with Crippen LogP contribution in [-0.4, -0.2) is 55.6 Å². The zero-order chi connectivity index (χ0) is 18.9. The molecule has 3 atom stereocenters. The van der Waals surface area contributed by atoms with E-state index < -0.39 is 19.7 Å². The van der Waals surface area contributed by atoms with E-state index in [4.69, 9.17) is 18.5 Å². The van der Waals surface area contributed by atoms with Gasteiger partial charge in [0.15, 0.2) is 0 Å². The lowest BCUT2D eigenvalue weighted by Gasteiger charge is -2.39. The minimum atomic E-state index is -3.53. The normalized spacial score (nSPS) is 26.4. The second-order valence-corrected chi connectivity index (χ2v) is 7.97. The smallest absolute Gasteiger partial charge is 0.408 e. The zero-order valence-corrected chi connectivity index (χ0v) is 16.5. The summed E-state index contributed by atoms with van der Waals surface area (Å²) in [5.41, 5.74) is 0. The van der Waals surface area contributed by atoms with Gasteiger partial charge in [-0.3, -0.25) is 18.6 Å². The molecule has 1 aliphatic rings. The van der Waals surface area contributed by atoms with Crippen LogP contribution in [0.15, 0.2) is 0 Å². The van der Waals surface area contributed by atoms with Crippen molar-refractivity contribution in [3.8, 4) is 0 Å². The highest BCUT2D eigenvalue weighted by Crippen LogP contribution is 2.57. The average molecular weight is 379 g/mol. The molecule has 1 aliphatic heterocycles. The SMILES string of the molecule is CCC[C@@H]1O[P@@](=O)(N(CCOC(C)=O)CCOC(C)=O)OC[C@@H]1CC. The molecule has 0 N–H and O–H groups in total. The van der Waals surface area contributed by atoms with Gasteiger partial charge in [-0.1, -0.05) is 20.3 Å². The first-order chi connectivity index (χ1) is 11.8. The van der Waals surface area contributed by atoms with E-state index in [0.717, 1.165) is 19.3 Å². The maximum absolute atomic E-state index is 13.2. The number of nitrogens with zero attached hydrogens (tertiary/aromatic N) is 1. The number of hydrogen-bond acceptors (Lipinski definition) is 7. The van der Waals surface area contributed by atoms with Gasteiger partial charge in [0.05, 0.1) is 12.7 Å². The van der Waals surface area contributed by atoms with Gasteiger partial charge < -0.3 is 9.47 Å². The molecule has 0 aromatic heterocycles. The molecule has 1 heterocycles. The van der Waals surface area contributed by atoms with Crippen LogP contribution in [-0.2, 0) is 32.7 Å². The van der Waals surface area contributed by atoms with Gasteiger partial charge in [0.25, 0.3) is 0 Å². The quantitative estimate of drug-likeness (QED) is 0.423. The lowest BCUT2D eigenvalue weighted by molar-refractivity contribution is -0.141. The first kappa shape index (κ1) is 22.1. The minimum Gasteiger partial charge on any atom is -0.464 e. The highest BCUT2D eigenvalue weighted by molar-refractivity contribution is 7.51. The van der Waals surface area contributed by atoms with Crippen molar-refractivity contribution in [2.75, 3.05) is 32.9 Å². The lowest BCUT2D eigenvalue weighted by Crippen LogP contribution is -2.38. The third-order valence-corrected chi connectivity index (χ3v) is 6.10. The van der Waals surface area contributed by atoms with E-state index >= 15 is 0 Å². The summed E-state index contributed by atoms with van der Waals surface area (Å²) in [4.78, 5) is 21.9. The Morgan fingerprint density at radius 3 is 2.12 bits per heavy atom. The standard InChI is InChI=1S/C16H30NO7P/c1-5-7-16-15(6-2)12-23-25(20,24-16)17(8-10-21-13(3)18)9-11-22-14(4)19/h15-16H,5-12H2,1-4H3/t15-,16-,25+/m0/s1. The van der Waals surface area contributed by atoms with Crippen LogP contribution < -0.4 is 0 Å². The van der Waals surface area contributed by atoms with Gasteiger partial charge in [-0.15, -0.1) is 0 Å². The Hall–Kier alpha value is -0.950. The van der Waals surface area contributed by atoms with Gasteiger partial charge in [-0.25, -0.2) is 9.24 Å². The fourth-order valence-corrected chi connectivity index (χ4v) is 4.64. The number of carbonyl (C=O) groups excluding carboxylic acids is 2. The second-order valence-electron chi connectivity index (χ2n) is 6.00. The van der Waals surface area contributed by atoms with E-state index in [-0.39, 0.29) is 38.3 Å². The molecule has 1 fully saturated rings. The van der Waals surface area contributed by atoms with E-state index in [1.165, 1.54) is 18.5 Å². The Balaban J connectivity index is 2.79. The van der Waals surface area contributed by atoms with Crippen LogP contribution in [0.2, 0.25) is 0 Å². The van der Waals surface area contributed by atoms with Crippen LogP contribution in [0.3, 0.4) is 0 Å². The fourth-order valence-electron chi connectivity index (χ4n) is 2.63. The molecular formula is C16H30NO7P. The summed E-state index contributed by atoms with van der Waals surface area (Å²) in [5, 5.41) is 0. The minimum absolute atomic E-state index is 0.0573. The van der Waals surface area contributed by atoms with Gasteiger partial charge in [-0.2, -0.15) is 0 Å². The second kappa shape index (κ2) is 10.9. The van der Waals surface area contributed by atoms with E-state index in [1.54, 1.807) is 0 Å². The average Bonchev–Trinajstić information content (AvgIpc) is 2.53. The Bertz CT molecular complexity index is 465.